The van der Waals surface area contributed by atoms with Crippen molar-refractivity contribution < 1.29 is 14.3 Å². The van der Waals surface area contributed by atoms with Gasteiger partial charge in [0.1, 0.15) is 11.8 Å². The van der Waals surface area contributed by atoms with Crippen molar-refractivity contribution in [3.05, 3.63) is 29.3 Å². The first-order valence-electron chi connectivity index (χ1n) is 8.08. The molecule has 0 heterocycles. The Morgan fingerprint density at radius 2 is 1.91 bits per heavy atom. The second-order valence-corrected chi connectivity index (χ2v) is 6.32. The summed E-state index contributed by atoms with van der Waals surface area (Å²) in [6, 6.07) is 5.29. The molecule has 0 fully saturated rings. The summed E-state index contributed by atoms with van der Waals surface area (Å²) in [5, 5.41) is 2.66. The molecule has 1 aromatic carbocycles. The molecule has 0 radical (unpaired) electrons. The number of aryl methyl sites for hydroxylation is 1. The lowest BCUT2D eigenvalue weighted by Crippen LogP contribution is -2.49. The fourth-order valence-electron chi connectivity index (χ4n) is 2.33. The molecule has 0 aromatic heterocycles. The molecule has 0 saturated heterocycles. The fraction of sp³-hybridized carbons (Fsp3) is 0.556. The van der Waals surface area contributed by atoms with Crippen molar-refractivity contribution in [2.24, 2.45) is 11.7 Å². The Kier molecular flexibility index (Phi) is 7.07. The summed E-state index contributed by atoms with van der Waals surface area (Å²) in [5.41, 5.74) is 7.48. The smallest absolute Gasteiger partial charge is 0.258 e. The second-order valence-electron chi connectivity index (χ2n) is 6.32. The standard InChI is InChI=1S/C18H28N2O3/c1-6-13(5)17(18(19)22)20-16(21)10-23-15-9-12(4)7-8-14(15)11(2)3/h7-9,11,13,17H,6,10H2,1-5H3,(H2,19,22)(H,20,21). The summed E-state index contributed by atoms with van der Waals surface area (Å²) in [4.78, 5) is 23.5. The van der Waals surface area contributed by atoms with E-state index in [1.165, 1.54) is 0 Å². The Morgan fingerprint density at radius 3 is 2.43 bits per heavy atom. The highest BCUT2D eigenvalue weighted by molar-refractivity contribution is 5.87. The van der Waals surface area contributed by atoms with E-state index in [2.05, 4.69) is 19.2 Å². The summed E-state index contributed by atoms with van der Waals surface area (Å²) in [5.74, 6) is 0.125. The monoisotopic (exact) mass is 320 g/mol. The Bertz CT molecular complexity index is 555. The molecule has 0 saturated carbocycles. The van der Waals surface area contributed by atoms with E-state index in [9.17, 15) is 9.59 Å². The molecule has 0 aliphatic carbocycles. The molecule has 5 nitrogen and oxygen atoms in total. The molecule has 128 valence electrons. The van der Waals surface area contributed by atoms with Crippen LogP contribution in [-0.4, -0.2) is 24.5 Å². The number of rotatable bonds is 8. The van der Waals surface area contributed by atoms with Crippen LogP contribution in [0.4, 0.5) is 0 Å². The number of benzene rings is 1. The van der Waals surface area contributed by atoms with E-state index >= 15 is 0 Å². The Balaban J connectivity index is 2.73. The largest absolute Gasteiger partial charge is 0.483 e. The van der Waals surface area contributed by atoms with Crippen LogP contribution in [0.2, 0.25) is 0 Å². The molecule has 2 atom stereocenters. The van der Waals surface area contributed by atoms with Gasteiger partial charge in [0.25, 0.3) is 5.91 Å². The van der Waals surface area contributed by atoms with Crippen molar-refractivity contribution in [3.8, 4) is 5.75 Å². The van der Waals surface area contributed by atoms with Gasteiger partial charge < -0.3 is 15.8 Å². The first-order valence-corrected chi connectivity index (χ1v) is 8.08. The average molecular weight is 320 g/mol. The number of nitrogens with one attached hydrogen (secondary N) is 1. The summed E-state index contributed by atoms with van der Waals surface area (Å²) in [6.07, 6.45) is 0.754. The zero-order chi connectivity index (χ0) is 17.6. The third-order valence-corrected chi connectivity index (χ3v) is 3.99. The first kappa shape index (κ1) is 19.0. The van der Waals surface area contributed by atoms with Gasteiger partial charge in [0.15, 0.2) is 6.61 Å². The van der Waals surface area contributed by atoms with Gasteiger partial charge in [-0.2, -0.15) is 0 Å². The number of nitrogens with two attached hydrogens (primary N) is 1. The third-order valence-electron chi connectivity index (χ3n) is 3.99. The van der Waals surface area contributed by atoms with Gasteiger partial charge in [-0.15, -0.1) is 0 Å². The number of primary amides is 1. The summed E-state index contributed by atoms with van der Waals surface area (Å²) < 4.78 is 5.67. The van der Waals surface area contributed by atoms with E-state index in [0.29, 0.717) is 11.7 Å². The normalized spacial score (nSPS) is 13.5. The molecule has 2 amide bonds. The number of carbonyl (C=O) groups excluding carboxylic acids is 2. The molecule has 0 aliphatic rings. The summed E-state index contributed by atoms with van der Waals surface area (Å²) >= 11 is 0. The number of carbonyl (C=O) groups is 2. The molecule has 5 heteroatoms. The quantitative estimate of drug-likeness (QED) is 0.772. The van der Waals surface area contributed by atoms with Crippen LogP contribution in [-0.2, 0) is 9.59 Å². The van der Waals surface area contributed by atoms with E-state index in [1.54, 1.807) is 0 Å². The van der Waals surface area contributed by atoms with Crippen LogP contribution in [0, 0.1) is 12.8 Å². The minimum atomic E-state index is -0.668. The van der Waals surface area contributed by atoms with Crippen molar-refractivity contribution in [1.82, 2.24) is 5.32 Å². The average Bonchev–Trinajstić information content (AvgIpc) is 2.49. The number of ether oxygens (including phenoxy) is 1. The fourth-order valence-corrected chi connectivity index (χ4v) is 2.33. The van der Waals surface area contributed by atoms with Crippen LogP contribution >= 0.6 is 0 Å². The van der Waals surface area contributed by atoms with E-state index in [-0.39, 0.29) is 18.4 Å². The molecule has 1 aromatic rings. The van der Waals surface area contributed by atoms with Crippen LogP contribution in [0.15, 0.2) is 18.2 Å². The van der Waals surface area contributed by atoms with Gasteiger partial charge in [-0.3, -0.25) is 9.59 Å². The third kappa shape index (κ3) is 5.58. The van der Waals surface area contributed by atoms with Gasteiger partial charge in [0, 0.05) is 0 Å². The van der Waals surface area contributed by atoms with E-state index in [4.69, 9.17) is 10.5 Å². The predicted octanol–water partition coefficient (Wildman–Crippen LogP) is 2.51. The van der Waals surface area contributed by atoms with Crippen LogP contribution in [0.5, 0.6) is 5.75 Å². The molecule has 0 bridgehead atoms. The van der Waals surface area contributed by atoms with Crippen LogP contribution < -0.4 is 15.8 Å². The molecule has 2 unspecified atom stereocenters. The second kappa shape index (κ2) is 8.56. The first-order chi connectivity index (χ1) is 10.8. The maximum absolute atomic E-state index is 12.1. The number of hydrogen-bond donors (Lipinski definition) is 2. The van der Waals surface area contributed by atoms with Gasteiger partial charge in [-0.05, 0) is 36.0 Å². The van der Waals surface area contributed by atoms with Crippen molar-refractivity contribution in [2.75, 3.05) is 6.61 Å². The summed E-state index contributed by atoms with van der Waals surface area (Å²) in [7, 11) is 0. The number of amides is 2. The van der Waals surface area contributed by atoms with E-state index in [1.807, 2.05) is 39.0 Å². The lowest BCUT2D eigenvalue weighted by atomic mass is 9.98. The van der Waals surface area contributed by atoms with Gasteiger partial charge in [-0.25, -0.2) is 0 Å². The lowest BCUT2D eigenvalue weighted by molar-refractivity contribution is -0.129. The highest BCUT2D eigenvalue weighted by atomic mass is 16.5. The Morgan fingerprint density at radius 1 is 1.26 bits per heavy atom. The van der Waals surface area contributed by atoms with Crippen LogP contribution in [0.3, 0.4) is 0 Å². The molecule has 23 heavy (non-hydrogen) atoms. The minimum absolute atomic E-state index is 0.0124. The molecule has 0 spiro atoms. The zero-order valence-electron chi connectivity index (χ0n) is 14.7. The van der Waals surface area contributed by atoms with Crippen molar-refractivity contribution in [1.29, 1.82) is 0 Å². The highest BCUT2D eigenvalue weighted by Crippen LogP contribution is 2.27. The molecular weight excluding hydrogens is 292 g/mol. The molecule has 1 rings (SSSR count). The van der Waals surface area contributed by atoms with E-state index in [0.717, 1.165) is 17.5 Å². The zero-order valence-corrected chi connectivity index (χ0v) is 14.7. The maximum atomic E-state index is 12.1. The van der Waals surface area contributed by atoms with Gasteiger partial charge >= 0.3 is 0 Å². The lowest BCUT2D eigenvalue weighted by Gasteiger charge is -2.21. The van der Waals surface area contributed by atoms with Gasteiger partial charge in [-0.1, -0.05) is 46.2 Å². The maximum Gasteiger partial charge on any atom is 0.258 e. The van der Waals surface area contributed by atoms with Crippen LogP contribution in [0.1, 0.15) is 51.2 Å². The SMILES string of the molecule is CCC(C)C(NC(=O)COc1cc(C)ccc1C(C)C)C(N)=O. The van der Waals surface area contributed by atoms with Crippen molar-refractivity contribution >= 4 is 11.8 Å². The van der Waals surface area contributed by atoms with Gasteiger partial charge in [0.05, 0.1) is 0 Å². The molecule has 3 N–H and O–H groups in total. The van der Waals surface area contributed by atoms with Crippen LogP contribution in [0.25, 0.3) is 0 Å². The van der Waals surface area contributed by atoms with Gasteiger partial charge in [0.2, 0.25) is 5.91 Å². The number of hydrogen-bond acceptors (Lipinski definition) is 3. The molecule has 0 aliphatic heterocycles. The highest BCUT2D eigenvalue weighted by Gasteiger charge is 2.23. The van der Waals surface area contributed by atoms with Crippen molar-refractivity contribution in [3.63, 3.8) is 0 Å². The van der Waals surface area contributed by atoms with E-state index < -0.39 is 11.9 Å². The molecular formula is C18H28N2O3. The minimum Gasteiger partial charge on any atom is -0.483 e. The van der Waals surface area contributed by atoms with Crippen molar-refractivity contribution in [2.45, 2.75) is 53.0 Å². The summed E-state index contributed by atoms with van der Waals surface area (Å²) in [6.45, 7) is 9.82. The predicted molar refractivity (Wildman–Crippen MR) is 91.3 cm³/mol. The Hall–Kier alpha value is -2.04. The Labute approximate surface area is 138 Å². The topological polar surface area (TPSA) is 81.4 Å².